The zero-order chi connectivity index (χ0) is 14.7. The lowest BCUT2D eigenvalue weighted by molar-refractivity contribution is -0.0441. The van der Waals surface area contributed by atoms with Gasteiger partial charge in [0.25, 0.3) is 0 Å². The maximum Gasteiger partial charge on any atom is 0.301 e. The van der Waals surface area contributed by atoms with Gasteiger partial charge in [-0.25, -0.2) is 0 Å². The summed E-state index contributed by atoms with van der Waals surface area (Å²) in [5.41, 5.74) is 1.42. The molecule has 21 heavy (non-hydrogen) atoms. The van der Waals surface area contributed by atoms with E-state index in [1.807, 2.05) is 12.1 Å². The Hall–Kier alpha value is -1.19. The Morgan fingerprint density at radius 2 is 1.71 bits per heavy atom. The first-order valence-corrected chi connectivity index (χ1v) is 8.41. The fraction of sp³-hybridized carbons (Fsp3) is 0.538. The van der Waals surface area contributed by atoms with Crippen LogP contribution in [0.4, 0.5) is 5.69 Å². The fourth-order valence-corrected chi connectivity index (χ4v) is 3.58. The molecule has 116 valence electrons. The van der Waals surface area contributed by atoms with Gasteiger partial charge in [-0.2, -0.15) is 12.7 Å². The Morgan fingerprint density at radius 3 is 2.33 bits per heavy atom. The number of hydrogen-bond donors (Lipinski definition) is 2. The lowest BCUT2D eigenvalue weighted by Crippen LogP contribution is -2.48. The molecule has 0 atom stereocenters. The smallest absolute Gasteiger partial charge is 0.301 e. The van der Waals surface area contributed by atoms with Crippen LogP contribution < -0.4 is 10.0 Å². The maximum absolute atomic E-state index is 12.2. The highest BCUT2D eigenvalue weighted by Crippen LogP contribution is 2.24. The molecule has 2 heterocycles. The van der Waals surface area contributed by atoms with Crippen LogP contribution in [0.5, 0.6) is 0 Å². The third-order valence-electron chi connectivity index (χ3n) is 3.47. The lowest BCUT2D eigenvalue weighted by Gasteiger charge is -2.26. The molecule has 0 radical (unpaired) electrons. The van der Waals surface area contributed by atoms with Gasteiger partial charge in [0.05, 0.1) is 13.2 Å². The van der Waals surface area contributed by atoms with Gasteiger partial charge in [-0.15, -0.1) is 0 Å². The van der Waals surface area contributed by atoms with Crippen LogP contribution >= 0.6 is 0 Å². The van der Waals surface area contributed by atoms with Crippen molar-refractivity contribution in [2.45, 2.75) is 6.29 Å². The fourth-order valence-electron chi connectivity index (χ4n) is 2.36. The van der Waals surface area contributed by atoms with E-state index in [1.54, 1.807) is 12.1 Å². The van der Waals surface area contributed by atoms with Gasteiger partial charge in [0.2, 0.25) is 0 Å². The van der Waals surface area contributed by atoms with Crippen molar-refractivity contribution in [3.8, 4) is 0 Å². The zero-order valence-electron chi connectivity index (χ0n) is 11.6. The largest absolute Gasteiger partial charge is 0.346 e. The molecule has 0 saturated carbocycles. The second-order valence-electron chi connectivity index (χ2n) is 4.95. The Kier molecular flexibility index (Phi) is 4.41. The molecule has 2 fully saturated rings. The summed E-state index contributed by atoms with van der Waals surface area (Å²) in [7, 11) is -3.49. The molecule has 1 aromatic rings. The third kappa shape index (κ3) is 3.53. The van der Waals surface area contributed by atoms with Gasteiger partial charge in [-0.05, 0) is 12.1 Å². The van der Waals surface area contributed by atoms with E-state index in [1.165, 1.54) is 4.31 Å². The normalized spacial score (nSPS) is 21.5. The van der Waals surface area contributed by atoms with E-state index in [0.29, 0.717) is 45.1 Å². The van der Waals surface area contributed by atoms with Crippen LogP contribution in [0, 0.1) is 0 Å². The maximum atomic E-state index is 12.2. The minimum absolute atomic E-state index is 0.344. The molecule has 0 unspecified atom stereocenters. The predicted octanol–water partition coefficient (Wildman–Crippen LogP) is 0.294. The quantitative estimate of drug-likeness (QED) is 0.835. The number of nitrogens with zero attached hydrogens (tertiary/aromatic N) is 1. The van der Waals surface area contributed by atoms with E-state index in [-0.39, 0.29) is 6.29 Å². The van der Waals surface area contributed by atoms with Crippen molar-refractivity contribution in [3.63, 3.8) is 0 Å². The molecule has 2 aliphatic rings. The molecule has 0 amide bonds. The van der Waals surface area contributed by atoms with Crippen molar-refractivity contribution in [2.24, 2.45) is 0 Å². The molecule has 0 spiro atoms. The monoisotopic (exact) mass is 313 g/mol. The molecule has 2 N–H and O–H groups in total. The van der Waals surface area contributed by atoms with Crippen LogP contribution in [-0.2, 0) is 19.7 Å². The summed E-state index contributed by atoms with van der Waals surface area (Å²) in [6.07, 6.45) is -0.344. The van der Waals surface area contributed by atoms with Crippen molar-refractivity contribution >= 4 is 15.9 Å². The third-order valence-corrected chi connectivity index (χ3v) is 5.01. The van der Waals surface area contributed by atoms with Gasteiger partial charge >= 0.3 is 10.2 Å². The van der Waals surface area contributed by atoms with Gasteiger partial charge < -0.3 is 14.8 Å². The summed E-state index contributed by atoms with van der Waals surface area (Å²) in [5, 5.41) is 3.13. The molecular formula is C13H19N3O4S. The number of benzene rings is 1. The molecule has 2 aliphatic heterocycles. The predicted molar refractivity (Wildman–Crippen MR) is 78.1 cm³/mol. The molecular weight excluding hydrogens is 294 g/mol. The van der Waals surface area contributed by atoms with Gasteiger partial charge in [-0.1, -0.05) is 12.1 Å². The van der Waals surface area contributed by atoms with Gasteiger partial charge in [0.15, 0.2) is 6.29 Å². The topological polar surface area (TPSA) is 79.9 Å². The van der Waals surface area contributed by atoms with E-state index >= 15 is 0 Å². The van der Waals surface area contributed by atoms with E-state index in [0.717, 1.165) is 5.56 Å². The van der Waals surface area contributed by atoms with Gasteiger partial charge in [0.1, 0.15) is 0 Å². The number of hydrogen-bond acceptors (Lipinski definition) is 5. The molecule has 0 bridgehead atoms. The highest BCUT2D eigenvalue weighted by atomic mass is 32.2. The summed E-state index contributed by atoms with van der Waals surface area (Å²) < 4.78 is 39.3. The molecule has 0 aromatic heterocycles. The first-order valence-electron chi connectivity index (χ1n) is 6.97. The number of nitrogens with one attached hydrogen (secondary N) is 2. The molecule has 8 heteroatoms. The van der Waals surface area contributed by atoms with Crippen molar-refractivity contribution in [1.82, 2.24) is 9.62 Å². The van der Waals surface area contributed by atoms with E-state index < -0.39 is 10.2 Å². The van der Waals surface area contributed by atoms with E-state index in [9.17, 15) is 8.42 Å². The Bertz CT molecular complexity index is 564. The zero-order valence-corrected chi connectivity index (χ0v) is 12.4. The minimum atomic E-state index is -3.49. The minimum Gasteiger partial charge on any atom is -0.346 e. The van der Waals surface area contributed by atoms with Crippen LogP contribution in [0.1, 0.15) is 11.9 Å². The molecule has 7 nitrogen and oxygen atoms in total. The van der Waals surface area contributed by atoms with Crippen molar-refractivity contribution in [3.05, 3.63) is 29.8 Å². The lowest BCUT2D eigenvalue weighted by atomic mass is 10.2. The summed E-state index contributed by atoms with van der Waals surface area (Å²) in [6.45, 7) is 3.49. The summed E-state index contributed by atoms with van der Waals surface area (Å²) in [6, 6.07) is 7.07. The SMILES string of the molecule is O=S(=O)(Nc1ccc(C2OCCO2)cc1)N1CCNCC1. The van der Waals surface area contributed by atoms with Gasteiger partial charge in [-0.3, -0.25) is 4.72 Å². The number of ether oxygens (including phenoxy) is 2. The number of piperazine rings is 1. The average molecular weight is 313 g/mol. The van der Waals surface area contributed by atoms with Crippen molar-refractivity contribution in [1.29, 1.82) is 0 Å². The standard InChI is InChI=1S/C13H19N3O4S/c17-21(18,16-7-5-14-6-8-16)15-12-3-1-11(2-4-12)13-19-9-10-20-13/h1-4,13-15H,5-10H2. The number of anilines is 1. The Labute approximate surface area is 124 Å². The second kappa shape index (κ2) is 6.29. The van der Waals surface area contributed by atoms with Gasteiger partial charge in [0, 0.05) is 37.4 Å². The molecule has 2 saturated heterocycles. The van der Waals surface area contributed by atoms with Crippen LogP contribution in [0.3, 0.4) is 0 Å². The van der Waals surface area contributed by atoms with Crippen LogP contribution in [0.2, 0.25) is 0 Å². The summed E-state index contributed by atoms with van der Waals surface area (Å²) >= 11 is 0. The molecule has 1 aromatic carbocycles. The summed E-state index contributed by atoms with van der Waals surface area (Å²) in [5.74, 6) is 0. The average Bonchev–Trinajstić information content (AvgIpc) is 3.03. The molecule has 0 aliphatic carbocycles. The van der Waals surface area contributed by atoms with Crippen LogP contribution in [0.15, 0.2) is 24.3 Å². The highest BCUT2D eigenvalue weighted by Gasteiger charge is 2.24. The summed E-state index contributed by atoms with van der Waals surface area (Å²) in [4.78, 5) is 0. The Balaban J connectivity index is 1.66. The first-order chi connectivity index (χ1) is 10.1. The number of rotatable bonds is 4. The van der Waals surface area contributed by atoms with Crippen LogP contribution in [-0.4, -0.2) is 52.1 Å². The Morgan fingerprint density at radius 1 is 1.10 bits per heavy atom. The van der Waals surface area contributed by atoms with Crippen LogP contribution in [0.25, 0.3) is 0 Å². The second-order valence-corrected chi connectivity index (χ2v) is 6.62. The van der Waals surface area contributed by atoms with Crippen molar-refractivity contribution < 1.29 is 17.9 Å². The first kappa shape index (κ1) is 14.7. The van der Waals surface area contributed by atoms with E-state index in [2.05, 4.69) is 10.0 Å². The van der Waals surface area contributed by atoms with E-state index in [4.69, 9.17) is 9.47 Å². The van der Waals surface area contributed by atoms with Crippen molar-refractivity contribution in [2.75, 3.05) is 44.1 Å². The molecule has 3 rings (SSSR count). The highest BCUT2D eigenvalue weighted by molar-refractivity contribution is 7.90.